The summed E-state index contributed by atoms with van der Waals surface area (Å²) >= 11 is 0. The third kappa shape index (κ3) is 4.48. The zero-order valence-corrected chi connectivity index (χ0v) is 20.5. The molecule has 0 spiro atoms. The predicted molar refractivity (Wildman–Crippen MR) is 136 cm³/mol. The van der Waals surface area contributed by atoms with Gasteiger partial charge in [0.15, 0.2) is 0 Å². The molecular formula is C26H27F4N7O. The summed E-state index contributed by atoms with van der Waals surface area (Å²) < 4.78 is 52.5. The van der Waals surface area contributed by atoms with Crippen LogP contribution in [0.1, 0.15) is 22.5 Å². The minimum atomic E-state index is -2.49. The molecule has 0 radical (unpaired) electrons. The average molecular weight is 530 g/mol. The molecule has 4 heterocycles. The molecule has 0 amide bonds. The van der Waals surface area contributed by atoms with Gasteiger partial charge >= 0.3 is 0 Å². The van der Waals surface area contributed by atoms with Crippen LogP contribution in [0, 0.1) is 23.7 Å². The Kier molecular flexibility index (Phi) is 6.56. The Morgan fingerprint density at radius 3 is 1.68 bits per heavy atom. The highest BCUT2D eigenvalue weighted by Crippen LogP contribution is 2.60. The molecule has 2 aromatic rings. The highest BCUT2D eigenvalue weighted by Gasteiger charge is 2.72. The second kappa shape index (κ2) is 9.59. The first-order valence-corrected chi connectivity index (χ1v) is 12.3. The summed E-state index contributed by atoms with van der Waals surface area (Å²) in [6.45, 7) is 8.83. The van der Waals surface area contributed by atoms with E-state index in [1.54, 1.807) is 36.4 Å². The van der Waals surface area contributed by atoms with Gasteiger partial charge in [-0.25, -0.2) is 27.5 Å². The summed E-state index contributed by atoms with van der Waals surface area (Å²) in [4.78, 5) is 15.2. The molecule has 0 aromatic carbocycles. The van der Waals surface area contributed by atoms with Crippen LogP contribution < -0.4 is 9.80 Å². The second-order valence-corrected chi connectivity index (χ2v) is 9.97. The van der Waals surface area contributed by atoms with Crippen LogP contribution >= 0.6 is 0 Å². The first-order valence-electron chi connectivity index (χ1n) is 12.3. The van der Waals surface area contributed by atoms with Gasteiger partial charge in [0.05, 0.1) is 48.2 Å². The first-order chi connectivity index (χ1) is 18.1. The van der Waals surface area contributed by atoms with Gasteiger partial charge < -0.3 is 14.9 Å². The van der Waals surface area contributed by atoms with Gasteiger partial charge in [-0.2, -0.15) is 0 Å². The number of fused-ring (bicyclic) bond motifs is 2. The molecule has 6 rings (SSSR count). The highest BCUT2D eigenvalue weighted by molar-refractivity contribution is 5.55. The summed E-state index contributed by atoms with van der Waals surface area (Å²) in [6.07, 6.45) is 3.15. The Morgan fingerprint density at radius 2 is 1.29 bits per heavy atom. The summed E-state index contributed by atoms with van der Waals surface area (Å²) in [5, 5.41) is 12.6. The normalized spacial score (nSPS) is 26.9. The Bertz CT molecular complexity index is 1280. The van der Waals surface area contributed by atoms with Crippen molar-refractivity contribution in [1.82, 2.24) is 9.97 Å². The molecule has 0 bridgehead atoms. The zero-order chi connectivity index (χ0) is 27.2. The standard InChI is InChI=1S/C13H13F2N5.C13H14F2N2O/c1-2-11-8(5-17-19-16)3-4-12(18-11)20-6-9-10(7-20)13(9,14)15;1-2-11-8(7-18)3-4-12(16-11)17-5-9-10(6-17)13(9,14)15/h2-4,9-10H,1,5-7H2;2-4,9-10,18H,1,5-7H2. The number of nitrogens with zero attached hydrogens (tertiary/aromatic N) is 7. The quantitative estimate of drug-likeness (QED) is 0.231. The van der Waals surface area contributed by atoms with Crippen molar-refractivity contribution >= 4 is 23.8 Å². The number of aliphatic hydroxyl groups is 1. The van der Waals surface area contributed by atoms with Crippen molar-refractivity contribution in [2.24, 2.45) is 28.8 Å². The number of hydrogen-bond donors (Lipinski definition) is 1. The molecule has 4 atom stereocenters. The fraction of sp³-hybridized carbons (Fsp3) is 0.462. The zero-order valence-electron chi connectivity index (χ0n) is 20.5. The molecule has 4 aliphatic rings. The van der Waals surface area contributed by atoms with E-state index < -0.39 is 35.5 Å². The first kappa shape index (κ1) is 26.0. The lowest BCUT2D eigenvalue weighted by atomic mass is 10.2. The van der Waals surface area contributed by atoms with Crippen molar-refractivity contribution in [3.63, 3.8) is 0 Å². The molecule has 2 aliphatic carbocycles. The maximum absolute atomic E-state index is 13.2. The van der Waals surface area contributed by atoms with E-state index in [1.165, 1.54) is 0 Å². The van der Waals surface area contributed by atoms with Crippen molar-refractivity contribution in [1.29, 1.82) is 0 Å². The SMILES string of the molecule is C=Cc1nc(N2CC3C(C2)C3(F)F)ccc1CN=[N+]=[N-].C=Cc1nc(N2CC3C(C2)C3(F)F)ccc1CO. The van der Waals surface area contributed by atoms with Crippen LogP contribution in [0.25, 0.3) is 22.6 Å². The molecule has 4 unspecified atom stereocenters. The summed E-state index contributed by atoms with van der Waals surface area (Å²) in [5.41, 5.74) is 11.0. The molecule has 4 fully saturated rings. The average Bonchev–Trinajstić information content (AvgIpc) is 3.40. The maximum Gasteiger partial charge on any atom is 0.258 e. The van der Waals surface area contributed by atoms with Crippen LogP contribution in [0.5, 0.6) is 0 Å². The van der Waals surface area contributed by atoms with Crippen LogP contribution in [-0.2, 0) is 13.2 Å². The van der Waals surface area contributed by atoms with Gasteiger partial charge in [-0.1, -0.05) is 30.4 Å². The van der Waals surface area contributed by atoms with E-state index in [1.807, 2.05) is 9.80 Å². The van der Waals surface area contributed by atoms with E-state index in [4.69, 9.17) is 10.6 Å². The fourth-order valence-corrected chi connectivity index (χ4v) is 5.46. The van der Waals surface area contributed by atoms with E-state index in [9.17, 15) is 17.6 Å². The maximum atomic E-state index is 13.2. The molecular weight excluding hydrogens is 502 g/mol. The molecule has 8 nitrogen and oxygen atoms in total. The molecule has 2 saturated heterocycles. The minimum absolute atomic E-state index is 0.0993. The number of alkyl halides is 4. The van der Waals surface area contributed by atoms with Crippen molar-refractivity contribution in [3.8, 4) is 0 Å². The van der Waals surface area contributed by atoms with E-state index in [-0.39, 0.29) is 13.2 Å². The topological polar surface area (TPSA) is 101 Å². The number of rotatable bonds is 7. The predicted octanol–water partition coefficient (Wildman–Crippen LogP) is 5.15. The van der Waals surface area contributed by atoms with Gasteiger partial charge in [-0.05, 0) is 35.4 Å². The largest absolute Gasteiger partial charge is 0.392 e. The summed E-state index contributed by atoms with van der Waals surface area (Å²) in [6, 6.07) is 7.11. The van der Waals surface area contributed by atoms with Crippen molar-refractivity contribution < 1.29 is 22.7 Å². The van der Waals surface area contributed by atoms with Crippen LogP contribution in [0.15, 0.2) is 42.5 Å². The van der Waals surface area contributed by atoms with E-state index in [0.29, 0.717) is 54.8 Å². The third-order valence-corrected chi connectivity index (χ3v) is 7.90. The van der Waals surface area contributed by atoms with Gasteiger partial charge in [0.2, 0.25) is 0 Å². The van der Waals surface area contributed by atoms with Gasteiger partial charge in [0.25, 0.3) is 11.8 Å². The van der Waals surface area contributed by atoms with Gasteiger partial charge in [0, 0.05) is 36.7 Å². The number of aliphatic hydroxyl groups excluding tert-OH is 1. The van der Waals surface area contributed by atoms with E-state index in [2.05, 4.69) is 33.2 Å². The Hall–Kier alpha value is -3.63. The number of hydrogen-bond acceptors (Lipinski definition) is 6. The molecule has 200 valence electrons. The monoisotopic (exact) mass is 529 g/mol. The van der Waals surface area contributed by atoms with Gasteiger partial charge in [0.1, 0.15) is 11.6 Å². The lowest BCUT2D eigenvalue weighted by Crippen LogP contribution is -2.28. The highest BCUT2D eigenvalue weighted by atomic mass is 19.3. The number of piperidine rings is 2. The van der Waals surface area contributed by atoms with Crippen molar-refractivity contribution in [2.45, 2.75) is 25.0 Å². The lowest BCUT2D eigenvalue weighted by Gasteiger charge is -2.21. The molecule has 2 saturated carbocycles. The number of anilines is 2. The van der Waals surface area contributed by atoms with Crippen LogP contribution in [0.2, 0.25) is 0 Å². The lowest BCUT2D eigenvalue weighted by molar-refractivity contribution is 0.0791. The summed E-state index contributed by atoms with van der Waals surface area (Å²) in [5.74, 6) is -5.67. The van der Waals surface area contributed by atoms with Crippen molar-refractivity contribution in [2.75, 3.05) is 36.0 Å². The number of aromatic nitrogens is 2. The van der Waals surface area contributed by atoms with Crippen molar-refractivity contribution in [3.05, 3.63) is 70.4 Å². The molecule has 1 N–H and O–H groups in total. The van der Waals surface area contributed by atoms with Gasteiger partial charge in [-0.3, -0.25) is 0 Å². The van der Waals surface area contributed by atoms with Crippen LogP contribution in [0.4, 0.5) is 29.2 Å². The molecule has 2 aromatic heterocycles. The van der Waals surface area contributed by atoms with E-state index >= 15 is 0 Å². The third-order valence-electron chi connectivity index (χ3n) is 7.90. The smallest absolute Gasteiger partial charge is 0.258 e. The second-order valence-electron chi connectivity index (χ2n) is 9.97. The van der Waals surface area contributed by atoms with Crippen LogP contribution in [-0.4, -0.2) is 53.1 Å². The number of pyridine rings is 2. The Balaban J connectivity index is 0.000000156. The molecule has 2 aliphatic heterocycles. The summed E-state index contributed by atoms with van der Waals surface area (Å²) in [7, 11) is 0. The Morgan fingerprint density at radius 1 is 0.868 bits per heavy atom. The minimum Gasteiger partial charge on any atom is -0.392 e. The Labute approximate surface area is 216 Å². The number of halogens is 4. The van der Waals surface area contributed by atoms with Gasteiger partial charge in [-0.15, -0.1) is 0 Å². The molecule has 12 heteroatoms. The fourth-order valence-electron chi connectivity index (χ4n) is 5.46. The molecule has 38 heavy (non-hydrogen) atoms. The van der Waals surface area contributed by atoms with E-state index in [0.717, 1.165) is 5.56 Å². The number of azide groups is 1. The van der Waals surface area contributed by atoms with Crippen LogP contribution in [0.3, 0.4) is 0 Å².